The molecular weight excluding hydrogens is 383 g/mol. The van der Waals surface area contributed by atoms with E-state index in [1.165, 1.54) is 11.1 Å². The second-order valence-electron chi connectivity index (χ2n) is 5.02. The first-order valence-electron chi connectivity index (χ1n) is 6.73. The van der Waals surface area contributed by atoms with E-state index in [1.807, 2.05) is 36.4 Å². The third-order valence-electron chi connectivity index (χ3n) is 3.25. The molecule has 0 bridgehead atoms. The quantitative estimate of drug-likeness (QED) is 0.584. The van der Waals surface area contributed by atoms with Gasteiger partial charge in [0.15, 0.2) is 0 Å². The number of nitrogens with zero attached hydrogens (tertiary/aromatic N) is 2. The van der Waals surface area contributed by atoms with Crippen molar-refractivity contribution < 1.29 is 21.5 Å². The zero-order valence-electron chi connectivity index (χ0n) is 11.8. The number of halogens is 3. The number of benzene rings is 2. The summed E-state index contributed by atoms with van der Waals surface area (Å²) in [6, 6.07) is 15.9. The molecule has 0 saturated heterocycles. The van der Waals surface area contributed by atoms with Gasteiger partial charge in [0.25, 0.3) is 0 Å². The summed E-state index contributed by atoms with van der Waals surface area (Å²) >= 11 is 12.0. The first-order valence-corrected chi connectivity index (χ1v) is 7.48. The molecule has 0 spiro atoms. The van der Waals surface area contributed by atoms with Crippen molar-refractivity contribution in [3.05, 3.63) is 88.4 Å². The first-order chi connectivity index (χ1) is 10.2. The van der Waals surface area contributed by atoms with Crippen LogP contribution in [0.3, 0.4) is 0 Å². The van der Waals surface area contributed by atoms with Gasteiger partial charge in [0, 0.05) is 10.0 Å². The van der Waals surface area contributed by atoms with Crippen LogP contribution in [0.1, 0.15) is 11.1 Å². The van der Waals surface area contributed by atoms with Crippen LogP contribution in [0.5, 0.6) is 0 Å². The maximum absolute atomic E-state index is 6.01. The molecule has 0 aliphatic heterocycles. The van der Waals surface area contributed by atoms with Crippen molar-refractivity contribution in [2.75, 3.05) is 0 Å². The number of aromatic nitrogens is 2. The van der Waals surface area contributed by atoms with Crippen LogP contribution < -0.4 is 21.5 Å². The Balaban J connectivity index is 0.00000176. The minimum atomic E-state index is 0. The number of hydrogen-bond donors (Lipinski definition) is 0. The molecule has 5 heteroatoms. The van der Waals surface area contributed by atoms with Crippen LogP contribution >= 0.6 is 23.2 Å². The highest BCUT2D eigenvalue weighted by Crippen LogP contribution is 2.12. The van der Waals surface area contributed by atoms with Gasteiger partial charge >= 0.3 is 0 Å². The van der Waals surface area contributed by atoms with Crippen LogP contribution in [0.25, 0.3) is 0 Å². The van der Waals surface area contributed by atoms with Gasteiger partial charge in [-0.3, -0.25) is 0 Å². The Morgan fingerprint density at radius 1 is 0.909 bits per heavy atom. The molecule has 0 N–H and O–H groups in total. The average Bonchev–Trinajstić information content (AvgIpc) is 2.86. The van der Waals surface area contributed by atoms with Gasteiger partial charge in [-0.1, -0.05) is 47.5 Å². The monoisotopic (exact) mass is 396 g/mol. The Morgan fingerprint density at radius 2 is 1.55 bits per heavy atom. The zero-order chi connectivity index (χ0) is 14.7. The Labute approximate surface area is 150 Å². The average molecular weight is 398 g/mol. The van der Waals surface area contributed by atoms with Crippen LogP contribution in [-0.2, 0) is 13.1 Å². The maximum Gasteiger partial charge on any atom is 0.244 e. The van der Waals surface area contributed by atoms with Gasteiger partial charge in [-0.15, -0.1) is 0 Å². The van der Waals surface area contributed by atoms with Gasteiger partial charge in [0.2, 0.25) is 6.33 Å². The van der Waals surface area contributed by atoms with Gasteiger partial charge in [0.1, 0.15) is 25.5 Å². The Bertz CT molecular complexity index is 694. The molecule has 2 nitrogen and oxygen atoms in total. The molecule has 0 aliphatic rings. The van der Waals surface area contributed by atoms with Gasteiger partial charge in [0.05, 0.1) is 0 Å². The summed E-state index contributed by atoms with van der Waals surface area (Å²) in [5.41, 5.74) is 2.38. The summed E-state index contributed by atoms with van der Waals surface area (Å²) in [5.74, 6) is 0. The molecule has 0 amide bonds. The lowest BCUT2D eigenvalue weighted by molar-refractivity contribution is -0.687. The second-order valence-corrected chi connectivity index (χ2v) is 5.89. The number of imidazole rings is 1. The minimum absolute atomic E-state index is 0. The van der Waals surface area contributed by atoms with Crippen molar-refractivity contribution in [3.63, 3.8) is 0 Å². The molecule has 2 aromatic carbocycles. The van der Waals surface area contributed by atoms with Gasteiger partial charge in [-0.05, 0) is 35.4 Å². The van der Waals surface area contributed by atoms with Gasteiger partial charge in [-0.2, -0.15) is 0 Å². The van der Waals surface area contributed by atoms with Crippen molar-refractivity contribution >= 4 is 23.2 Å². The molecule has 22 heavy (non-hydrogen) atoms. The first kappa shape index (κ1) is 17.1. The van der Waals surface area contributed by atoms with E-state index >= 15 is 0 Å². The van der Waals surface area contributed by atoms with E-state index < -0.39 is 0 Å². The fourth-order valence-electron chi connectivity index (χ4n) is 2.32. The normalized spacial score (nSPS) is 10.3. The Morgan fingerprint density at radius 3 is 2.23 bits per heavy atom. The third kappa shape index (κ3) is 4.60. The predicted molar refractivity (Wildman–Crippen MR) is 85.7 cm³/mol. The molecule has 0 fully saturated rings. The van der Waals surface area contributed by atoms with Crippen LogP contribution in [-0.4, -0.2) is 4.57 Å². The highest BCUT2D eigenvalue weighted by molar-refractivity contribution is 6.30. The van der Waals surface area contributed by atoms with Crippen molar-refractivity contribution in [1.29, 1.82) is 0 Å². The van der Waals surface area contributed by atoms with E-state index in [0.29, 0.717) is 0 Å². The fourth-order valence-corrected chi connectivity index (χ4v) is 2.74. The molecule has 0 aliphatic carbocycles. The van der Waals surface area contributed by atoms with E-state index in [4.69, 9.17) is 23.2 Å². The second kappa shape index (κ2) is 7.82. The smallest absolute Gasteiger partial charge is 0.244 e. The lowest BCUT2D eigenvalue weighted by Crippen LogP contribution is -3.00. The van der Waals surface area contributed by atoms with Crippen LogP contribution in [0.15, 0.2) is 67.3 Å². The minimum Gasteiger partial charge on any atom is -1.00 e. The molecule has 3 rings (SSSR count). The van der Waals surface area contributed by atoms with Crippen LogP contribution in [0.4, 0.5) is 0 Å². The van der Waals surface area contributed by atoms with Crippen molar-refractivity contribution in [3.8, 4) is 0 Å². The summed E-state index contributed by atoms with van der Waals surface area (Å²) in [6.07, 6.45) is 6.21. The fraction of sp³-hybridized carbons (Fsp3) is 0.118. The Kier molecular flexibility index (Phi) is 6.07. The highest BCUT2D eigenvalue weighted by atomic mass is 79.9. The summed E-state index contributed by atoms with van der Waals surface area (Å²) in [4.78, 5) is 0. The van der Waals surface area contributed by atoms with Crippen LogP contribution in [0, 0.1) is 0 Å². The summed E-state index contributed by atoms with van der Waals surface area (Å²) in [7, 11) is 0. The predicted octanol–water partition coefficient (Wildman–Crippen LogP) is 1.18. The van der Waals surface area contributed by atoms with E-state index in [9.17, 15) is 0 Å². The van der Waals surface area contributed by atoms with E-state index in [1.54, 1.807) is 0 Å². The SMILES string of the molecule is Clc1cccc(Cn2cc[n+](Cc3cccc(Cl)c3)c2)c1.[Br-]. The highest BCUT2D eigenvalue weighted by Gasteiger charge is 2.06. The lowest BCUT2D eigenvalue weighted by Gasteiger charge is -1.99. The number of hydrogen-bond acceptors (Lipinski definition) is 0. The maximum atomic E-state index is 6.01. The standard InChI is InChI=1S/C17H15Cl2N2.BrH/c18-16-5-1-3-14(9-16)11-20-7-8-21(13-20)12-15-4-2-6-17(19)10-15;/h1-10,13H,11-12H2;1H/q+1;/p-1. The number of rotatable bonds is 4. The molecule has 0 saturated carbocycles. The van der Waals surface area contributed by atoms with Crippen molar-refractivity contribution in [2.45, 2.75) is 13.1 Å². The van der Waals surface area contributed by atoms with E-state index in [2.05, 4.69) is 40.0 Å². The van der Waals surface area contributed by atoms with Gasteiger partial charge in [-0.25, -0.2) is 9.13 Å². The lowest BCUT2D eigenvalue weighted by atomic mass is 10.2. The molecular formula is C17H15BrCl2N2. The van der Waals surface area contributed by atoms with E-state index in [0.717, 1.165) is 23.1 Å². The summed E-state index contributed by atoms with van der Waals surface area (Å²) < 4.78 is 4.27. The van der Waals surface area contributed by atoms with Crippen molar-refractivity contribution in [2.24, 2.45) is 0 Å². The van der Waals surface area contributed by atoms with E-state index in [-0.39, 0.29) is 17.0 Å². The molecule has 114 valence electrons. The summed E-state index contributed by atoms with van der Waals surface area (Å²) in [6.45, 7) is 1.62. The molecule has 3 aromatic rings. The largest absolute Gasteiger partial charge is 1.00 e. The van der Waals surface area contributed by atoms with Gasteiger partial charge < -0.3 is 17.0 Å². The Hall–Kier alpha value is -1.29. The van der Waals surface area contributed by atoms with Crippen LogP contribution in [0.2, 0.25) is 10.0 Å². The topological polar surface area (TPSA) is 8.81 Å². The summed E-state index contributed by atoms with van der Waals surface area (Å²) in [5, 5.41) is 1.54. The molecule has 1 heterocycles. The van der Waals surface area contributed by atoms with Crippen molar-refractivity contribution in [1.82, 2.24) is 4.57 Å². The molecule has 1 aromatic heterocycles. The third-order valence-corrected chi connectivity index (χ3v) is 3.72. The molecule has 0 unspecified atom stereocenters. The zero-order valence-corrected chi connectivity index (χ0v) is 14.9. The molecule has 0 atom stereocenters. The molecule has 0 radical (unpaired) electrons.